The highest BCUT2D eigenvalue weighted by Gasteiger charge is 2.32. The topological polar surface area (TPSA) is 41.5 Å². The van der Waals surface area contributed by atoms with Crippen molar-refractivity contribution in [3.05, 3.63) is 29.8 Å². The monoisotopic (exact) mass is 303 g/mol. The number of alkyl halides is 3. The van der Waals surface area contributed by atoms with E-state index in [0.29, 0.717) is 5.56 Å². The summed E-state index contributed by atoms with van der Waals surface area (Å²) in [6.07, 6.45) is -1.83. The predicted molar refractivity (Wildman–Crippen MR) is 72.9 cm³/mol. The molecule has 1 aliphatic rings. The number of ether oxygens (including phenoxy) is 1. The van der Waals surface area contributed by atoms with Crippen molar-refractivity contribution in [3.63, 3.8) is 0 Å². The van der Waals surface area contributed by atoms with Gasteiger partial charge in [-0.1, -0.05) is 18.2 Å². The van der Waals surface area contributed by atoms with Gasteiger partial charge in [-0.2, -0.15) is 0 Å². The van der Waals surface area contributed by atoms with Crippen molar-refractivity contribution in [2.45, 2.75) is 57.2 Å². The van der Waals surface area contributed by atoms with Gasteiger partial charge in [-0.15, -0.1) is 13.2 Å². The van der Waals surface area contributed by atoms with Crippen molar-refractivity contribution in [2.24, 2.45) is 0 Å². The Bertz CT molecular complexity index is 456. The molecule has 2 N–H and O–H groups in total. The molecule has 1 saturated carbocycles. The molecule has 6 heteroatoms. The Morgan fingerprint density at radius 1 is 1.19 bits per heavy atom. The van der Waals surface area contributed by atoms with Gasteiger partial charge in [0.1, 0.15) is 5.75 Å². The van der Waals surface area contributed by atoms with Crippen LogP contribution in [0, 0.1) is 0 Å². The predicted octanol–water partition coefficient (Wildman–Crippen LogP) is 3.54. The van der Waals surface area contributed by atoms with Crippen LogP contribution >= 0.6 is 0 Å². The number of para-hydroxylation sites is 1. The lowest BCUT2D eigenvalue weighted by molar-refractivity contribution is -0.275. The molecule has 1 unspecified atom stereocenters. The van der Waals surface area contributed by atoms with E-state index in [2.05, 4.69) is 10.1 Å². The first kappa shape index (κ1) is 16.1. The number of hydrogen-bond donors (Lipinski definition) is 2. The highest BCUT2D eigenvalue weighted by atomic mass is 19.4. The third kappa shape index (κ3) is 4.89. The van der Waals surface area contributed by atoms with Crippen molar-refractivity contribution in [3.8, 4) is 5.75 Å². The highest BCUT2D eigenvalue weighted by molar-refractivity contribution is 5.35. The zero-order valence-electron chi connectivity index (χ0n) is 11.9. The lowest BCUT2D eigenvalue weighted by Crippen LogP contribution is -2.36. The van der Waals surface area contributed by atoms with Crippen LogP contribution in [-0.4, -0.2) is 23.6 Å². The maximum absolute atomic E-state index is 12.4. The molecular weight excluding hydrogens is 283 g/mol. The summed E-state index contributed by atoms with van der Waals surface area (Å²) in [7, 11) is 0. The molecule has 0 bridgehead atoms. The molecule has 118 valence electrons. The lowest BCUT2D eigenvalue weighted by Gasteiger charge is -2.29. The molecule has 0 radical (unpaired) electrons. The van der Waals surface area contributed by atoms with Crippen LogP contribution in [0.4, 0.5) is 13.2 Å². The van der Waals surface area contributed by atoms with Crippen LogP contribution in [0.5, 0.6) is 5.75 Å². The van der Waals surface area contributed by atoms with Crippen LogP contribution in [0.15, 0.2) is 24.3 Å². The third-order valence-electron chi connectivity index (χ3n) is 3.79. The summed E-state index contributed by atoms with van der Waals surface area (Å²) in [5.74, 6) is -0.166. The van der Waals surface area contributed by atoms with Gasteiger partial charge >= 0.3 is 6.36 Å². The van der Waals surface area contributed by atoms with Crippen molar-refractivity contribution < 1.29 is 23.0 Å². The molecule has 1 aromatic rings. The van der Waals surface area contributed by atoms with Crippen molar-refractivity contribution in [1.82, 2.24) is 5.32 Å². The lowest BCUT2D eigenvalue weighted by atomic mass is 9.92. The molecule has 0 aliphatic heterocycles. The molecule has 3 nitrogen and oxygen atoms in total. The van der Waals surface area contributed by atoms with Gasteiger partial charge < -0.3 is 15.2 Å². The van der Waals surface area contributed by atoms with E-state index in [1.54, 1.807) is 12.1 Å². The summed E-state index contributed by atoms with van der Waals surface area (Å²) in [6.45, 7) is 1.82. The fourth-order valence-electron chi connectivity index (χ4n) is 2.74. The smallest absolute Gasteiger partial charge is 0.405 e. The van der Waals surface area contributed by atoms with Gasteiger partial charge in [0.2, 0.25) is 0 Å². The number of halogens is 3. The quantitative estimate of drug-likeness (QED) is 0.894. The molecular formula is C15H20F3NO2. The summed E-state index contributed by atoms with van der Waals surface area (Å²) in [6, 6.07) is 6.14. The molecule has 0 amide bonds. The minimum atomic E-state index is -4.69. The van der Waals surface area contributed by atoms with Gasteiger partial charge in [-0.05, 0) is 38.7 Å². The Balaban J connectivity index is 2.03. The second-order valence-corrected chi connectivity index (χ2v) is 5.48. The van der Waals surface area contributed by atoms with Crippen LogP contribution in [0.3, 0.4) is 0 Å². The van der Waals surface area contributed by atoms with E-state index in [4.69, 9.17) is 0 Å². The van der Waals surface area contributed by atoms with Crippen LogP contribution in [0.1, 0.15) is 44.2 Å². The van der Waals surface area contributed by atoms with Crippen LogP contribution in [0.2, 0.25) is 0 Å². The van der Waals surface area contributed by atoms with Crippen molar-refractivity contribution in [2.75, 3.05) is 0 Å². The summed E-state index contributed by atoms with van der Waals surface area (Å²) in [5, 5.41) is 12.8. The minimum Gasteiger partial charge on any atom is -0.405 e. The first-order valence-corrected chi connectivity index (χ1v) is 7.14. The summed E-state index contributed by atoms with van der Waals surface area (Å²) in [5.41, 5.74) is 0.487. The van der Waals surface area contributed by atoms with E-state index < -0.39 is 6.36 Å². The Morgan fingerprint density at radius 3 is 2.43 bits per heavy atom. The fraction of sp³-hybridized carbons (Fsp3) is 0.600. The van der Waals surface area contributed by atoms with Crippen LogP contribution in [-0.2, 0) is 0 Å². The standard InChI is InChI=1S/C15H20F3NO2/c1-10(19-11-6-8-12(20)9-7-11)13-4-2-3-5-14(13)21-15(16,17)18/h2-5,10-12,19-20H,6-9H2,1H3. The first-order valence-electron chi connectivity index (χ1n) is 7.14. The third-order valence-corrected chi connectivity index (χ3v) is 3.79. The van der Waals surface area contributed by atoms with Crippen molar-refractivity contribution >= 4 is 0 Å². The van der Waals surface area contributed by atoms with E-state index >= 15 is 0 Å². The van der Waals surface area contributed by atoms with Crippen molar-refractivity contribution in [1.29, 1.82) is 0 Å². The van der Waals surface area contributed by atoms with Gasteiger partial charge in [-0.25, -0.2) is 0 Å². The second-order valence-electron chi connectivity index (χ2n) is 5.48. The van der Waals surface area contributed by atoms with E-state index in [9.17, 15) is 18.3 Å². The molecule has 2 rings (SSSR count). The summed E-state index contributed by atoms with van der Waals surface area (Å²) >= 11 is 0. The molecule has 0 spiro atoms. The minimum absolute atomic E-state index is 0.166. The molecule has 1 aliphatic carbocycles. The maximum atomic E-state index is 12.4. The van der Waals surface area contributed by atoms with Gasteiger partial charge in [0, 0.05) is 17.6 Å². The molecule has 0 aromatic heterocycles. The number of rotatable bonds is 4. The van der Waals surface area contributed by atoms with Gasteiger partial charge in [0.25, 0.3) is 0 Å². The fourth-order valence-corrected chi connectivity index (χ4v) is 2.74. The summed E-state index contributed by atoms with van der Waals surface area (Å²) < 4.78 is 41.3. The van der Waals surface area contributed by atoms with E-state index in [1.165, 1.54) is 12.1 Å². The Kier molecular flexibility index (Phi) is 5.11. The van der Waals surface area contributed by atoms with Gasteiger partial charge in [0.15, 0.2) is 0 Å². The Morgan fingerprint density at radius 2 is 1.81 bits per heavy atom. The average Bonchev–Trinajstić information content (AvgIpc) is 2.40. The summed E-state index contributed by atoms with van der Waals surface area (Å²) in [4.78, 5) is 0. The largest absolute Gasteiger partial charge is 0.573 e. The Hall–Kier alpha value is -1.27. The normalized spacial score (nSPS) is 24.6. The van der Waals surface area contributed by atoms with Gasteiger partial charge in [0.05, 0.1) is 6.10 Å². The average molecular weight is 303 g/mol. The molecule has 0 heterocycles. The number of aliphatic hydroxyl groups excluding tert-OH is 1. The zero-order valence-corrected chi connectivity index (χ0v) is 11.9. The van der Waals surface area contributed by atoms with E-state index in [0.717, 1.165) is 25.7 Å². The van der Waals surface area contributed by atoms with E-state index in [-0.39, 0.29) is 23.9 Å². The van der Waals surface area contributed by atoms with Gasteiger partial charge in [-0.3, -0.25) is 0 Å². The molecule has 21 heavy (non-hydrogen) atoms. The molecule has 1 aromatic carbocycles. The zero-order chi connectivity index (χ0) is 15.5. The van der Waals surface area contributed by atoms with E-state index in [1.807, 2.05) is 6.92 Å². The number of benzene rings is 1. The number of aliphatic hydroxyl groups is 1. The molecule has 0 saturated heterocycles. The van der Waals surface area contributed by atoms with Crippen LogP contribution < -0.4 is 10.1 Å². The second kappa shape index (κ2) is 6.66. The highest BCUT2D eigenvalue weighted by Crippen LogP contribution is 2.31. The number of hydrogen-bond acceptors (Lipinski definition) is 3. The van der Waals surface area contributed by atoms with Crippen LogP contribution in [0.25, 0.3) is 0 Å². The Labute approximate surface area is 122 Å². The first-order chi connectivity index (χ1) is 9.85. The SMILES string of the molecule is CC(NC1CCC(O)CC1)c1ccccc1OC(F)(F)F. The maximum Gasteiger partial charge on any atom is 0.573 e. The molecule has 1 atom stereocenters. The number of nitrogens with one attached hydrogen (secondary N) is 1. The molecule has 1 fully saturated rings.